The van der Waals surface area contributed by atoms with E-state index in [1.54, 1.807) is 0 Å². The first-order valence-corrected chi connectivity index (χ1v) is 7.88. The fourth-order valence-electron chi connectivity index (χ4n) is 3.10. The average Bonchev–Trinajstić information content (AvgIpc) is 2.83. The molecule has 4 nitrogen and oxygen atoms in total. The lowest BCUT2D eigenvalue weighted by molar-refractivity contribution is 0.154. The fraction of sp³-hybridized carbons (Fsp3) is 0.529. The maximum Gasteiger partial charge on any atom is 0.0481 e. The van der Waals surface area contributed by atoms with E-state index in [9.17, 15) is 0 Å². The van der Waals surface area contributed by atoms with Gasteiger partial charge in [-0.15, -0.1) is 0 Å². The van der Waals surface area contributed by atoms with Crippen LogP contribution in [0, 0.1) is 0 Å². The summed E-state index contributed by atoms with van der Waals surface area (Å²) >= 11 is 0. The molecule has 1 fully saturated rings. The Balaban J connectivity index is 1.49. The van der Waals surface area contributed by atoms with Gasteiger partial charge in [-0.1, -0.05) is 18.2 Å². The molecule has 0 saturated carbocycles. The number of piperazine rings is 1. The Bertz CT molecular complexity index is 581. The van der Waals surface area contributed by atoms with Crippen molar-refractivity contribution in [1.82, 2.24) is 19.7 Å². The van der Waals surface area contributed by atoms with Gasteiger partial charge in [0.15, 0.2) is 0 Å². The minimum atomic E-state index is 0.953. The van der Waals surface area contributed by atoms with Crippen molar-refractivity contribution in [3.63, 3.8) is 0 Å². The number of rotatable bonds is 5. The summed E-state index contributed by atoms with van der Waals surface area (Å²) in [5.74, 6) is 0. The second-order valence-electron chi connectivity index (χ2n) is 6.10. The van der Waals surface area contributed by atoms with Crippen LogP contribution in [-0.2, 0) is 13.6 Å². The number of para-hydroxylation sites is 1. The summed E-state index contributed by atoms with van der Waals surface area (Å²) in [7, 11) is 4.33. The minimum Gasteiger partial charge on any atom is -0.350 e. The summed E-state index contributed by atoms with van der Waals surface area (Å²) in [6.45, 7) is 7.96. The minimum absolute atomic E-state index is 0.953. The van der Waals surface area contributed by atoms with Crippen LogP contribution < -0.4 is 5.32 Å². The predicted octanol–water partition coefficient (Wildman–Crippen LogP) is 1.52. The standard InChI is InChI=1S/C17H26N4/c1-19-9-11-21(12-10-19)8-7-18-13-15-14-20(2)17-6-4-3-5-16(15)17/h3-6,14,18H,7-13H2,1-2H3. The number of aromatic nitrogens is 1. The van der Waals surface area contributed by atoms with Gasteiger partial charge in [0.05, 0.1) is 0 Å². The zero-order valence-electron chi connectivity index (χ0n) is 13.2. The molecule has 2 aromatic rings. The maximum absolute atomic E-state index is 3.60. The highest BCUT2D eigenvalue weighted by atomic mass is 15.2. The molecule has 0 aliphatic carbocycles. The van der Waals surface area contributed by atoms with E-state index in [1.165, 1.54) is 42.6 Å². The monoisotopic (exact) mass is 286 g/mol. The molecule has 1 aliphatic heterocycles. The van der Waals surface area contributed by atoms with E-state index in [-0.39, 0.29) is 0 Å². The Morgan fingerprint density at radius 3 is 2.62 bits per heavy atom. The van der Waals surface area contributed by atoms with Gasteiger partial charge in [0, 0.05) is 70.0 Å². The summed E-state index contributed by atoms with van der Waals surface area (Å²) in [6.07, 6.45) is 2.24. The zero-order chi connectivity index (χ0) is 14.7. The highest BCUT2D eigenvalue weighted by Crippen LogP contribution is 2.19. The largest absolute Gasteiger partial charge is 0.350 e. The van der Waals surface area contributed by atoms with Crippen LogP contribution in [0.15, 0.2) is 30.5 Å². The Labute approximate surface area is 127 Å². The van der Waals surface area contributed by atoms with Crippen LogP contribution in [0.25, 0.3) is 10.9 Å². The maximum atomic E-state index is 3.60. The molecule has 1 aliphatic rings. The van der Waals surface area contributed by atoms with Gasteiger partial charge in [-0.25, -0.2) is 0 Å². The van der Waals surface area contributed by atoms with Crippen LogP contribution in [0.2, 0.25) is 0 Å². The average molecular weight is 286 g/mol. The van der Waals surface area contributed by atoms with Crippen LogP contribution in [0.3, 0.4) is 0 Å². The Morgan fingerprint density at radius 1 is 1.05 bits per heavy atom. The number of aryl methyl sites for hydroxylation is 1. The summed E-state index contributed by atoms with van der Waals surface area (Å²) in [4.78, 5) is 4.95. The van der Waals surface area contributed by atoms with E-state index < -0.39 is 0 Å². The lowest BCUT2D eigenvalue weighted by Gasteiger charge is -2.32. The SMILES string of the molecule is CN1CCN(CCNCc2cn(C)c3ccccc23)CC1. The van der Waals surface area contributed by atoms with Gasteiger partial charge in [0.25, 0.3) is 0 Å². The third kappa shape index (κ3) is 3.46. The second-order valence-corrected chi connectivity index (χ2v) is 6.10. The molecule has 114 valence electrons. The van der Waals surface area contributed by atoms with Crippen molar-refractivity contribution >= 4 is 10.9 Å². The topological polar surface area (TPSA) is 23.4 Å². The molecule has 0 bridgehead atoms. The van der Waals surface area contributed by atoms with Gasteiger partial charge in [-0.05, 0) is 18.7 Å². The van der Waals surface area contributed by atoms with E-state index in [1.807, 2.05) is 0 Å². The van der Waals surface area contributed by atoms with Gasteiger partial charge in [0.1, 0.15) is 0 Å². The normalized spacial score (nSPS) is 17.6. The third-order valence-electron chi connectivity index (χ3n) is 4.50. The number of benzene rings is 1. The van der Waals surface area contributed by atoms with Crippen LogP contribution in [-0.4, -0.2) is 60.7 Å². The first-order valence-electron chi connectivity index (χ1n) is 7.88. The highest BCUT2D eigenvalue weighted by Gasteiger charge is 2.12. The van der Waals surface area contributed by atoms with Gasteiger partial charge in [0.2, 0.25) is 0 Å². The molecular formula is C17H26N4. The number of nitrogens with zero attached hydrogens (tertiary/aromatic N) is 3. The molecule has 1 N–H and O–H groups in total. The summed E-state index contributed by atoms with van der Waals surface area (Å²) in [6, 6.07) is 8.62. The third-order valence-corrected chi connectivity index (χ3v) is 4.50. The Hall–Kier alpha value is -1.36. The van der Waals surface area contributed by atoms with Gasteiger partial charge in [-0.3, -0.25) is 4.90 Å². The van der Waals surface area contributed by atoms with Crippen molar-refractivity contribution < 1.29 is 0 Å². The molecule has 0 amide bonds. The Kier molecular flexibility index (Phi) is 4.58. The van der Waals surface area contributed by atoms with Gasteiger partial charge >= 0.3 is 0 Å². The fourth-order valence-corrected chi connectivity index (χ4v) is 3.10. The van der Waals surface area contributed by atoms with Crippen molar-refractivity contribution in [2.24, 2.45) is 7.05 Å². The van der Waals surface area contributed by atoms with E-state index in [2.05, 4.69) is 64.2 Å². The van der Waals surface area contributed by atoms with Crippen LogP contribution in [0.5, 0.6) is 0 Å². The van der Waals surface area contributed by atoms with Gasteiger partial charge < -0.3 is 14.8 Å². The summed E-state index contributed by atoms with van der Waals surface area (Å²) in [5, 5.41) is 4.96. The summed E-state index contributed by atoms with van der Waals surface area (Å²) in [5.41, 5.74) is 2.71. The zero-order valence-corrected chi connectivity index (χ0v) is 13.2. The first kappa shape index (κ1) is 14.6. The lowest BCUT2D eigenvalue weighted by atomic mass is 10.2. The van der Waals surface area contributed by atoms with E-state index in [0.29, 0.717) is 0 Å². The molecule has 0 unspecified atom stereocenters. The van der Waals surface area contributed by atoms with Crippen LogP contribution >= 0.6 is 0 Å². The van der Waals surface area contributed by atoms with Crippen LogP contribution in [0.4, 0.5) is 0 Å². The number of likely N-dealkylation sites (N-methyl/N-ethyl adjacent to an activating group) is 1. The van der Waals surface area contributed by atoms with Crippen molar-refractivity contribution in [2.45, 2.75) is 6.54 Å². The summed E-state index contributed by atoms with van der Waals surface area (Å²) < 4.78 is 2.22. The van der Waals surface area contributed by atoms with E-state index in [0.717, 1.165) is 19.6 Å². The van der Waals surface area contributed by atoms with Crippen molar-refractivity contribution in [2.75, 3.05) is 46.3 Å². The number of nitrogens with one attached hydrogen (secondary N) is 1. The molecule has 4 heteroatoms. The second kappa shape index (κ2) is 6.60. The molecule has 0 radical (unpaired) electrons. The Morgan fingerprint density at radius 2 is 1.81 bits per heavy atom. The quantitative estimate of drug-likeness (QED) is 0.843. The van der Waals surface area contributed by atoms with E-state index >= 15 is 0 Å². The molecular weight excluding hydrogens is 260 g/mol. The van der Waals surface area contributed by atoms with Crippen LogP contribution in [0.1, 0.15) is 5.56 Å². The molecule has 3 rings (SSSR count). The molecule has 0 atom stereocenters. The molecule has 21 heavy (non-hydrogen) atoms. The molecule has 0 spiro atoms. The molecule has 1 saturated heterocycles. The number of hydrogen-bond acceptors (Lipinski definition) is 3. The van der Waals surface area contributed by atoms with Crippen molar-refractivity contribution in [3.8, 4) is 0 Å². The smallest absolute Gasteiger partial charge is 0.0481 e. The predicted molar refractivity (Wildman–Crippen MR) is 88.6 cm³/mol. The number of hydrogen-bond donors (Lipinski definition) is 1. The first-order chi connectivity index (χ1) is 10.2. The highest BCUT2D eigenvalue weighted by molar-refractivity contribution is 5.83. The molecule has 2 heterocycles. The molecule has 1 aromatic heterocycles. The number of fused-ring (bicyclic) bond motifs is 1. The van der Waals surface area contributed by atoms with Gasteiger partial charge in [-0.2, -0.15) is 0 Å². The van der Waals surface area contributed by atoms with Crippen molar-refractivity contribution in [3.05, 3.63) is 36.0 Å². The molecule has 1 aromatic carbocycles. The lowest BCUT2D eigenvalue weighted by Crippen LogP contribution is -2.46. The van der Waals surface area contributed by atoms with E-state index in [4.69, 9.17) is 0 Å². The van der Waals surface area contributed by atoms with Crippen molar-refractivity contribution in [1.29, 1.82) is 0 Å².